The molecule has 0 fully saturated rings. The summed E-state index contributed by atoms with van der Waals surface area (Å²) in [7, 11) is 3.13. The number of aliphatic imine (C=N–C) groups is 1. The Balaban J connectivity index is 2.01. The number of rotatable bonds is 5. The fourth-order valence-corrected chi connectivity index (χ4v) is 2.03. The van der Waals surface area contributed by atoms with E-state index in [-0.39, 0.29) is 5.96 Å². The van der Waals surface area contributed by atoms with Gasteiger partial charge in [-0.05, 0) is 29.8 Å². The Morgan fingerprint density at radius 2 is 2.09 bits per heavy atom. The van der Waals surface area contributed by atoms with Crippen molar-refractivity contribution in [1.82, 2.24) is 4.98 Å². The first-order valence-corrected chi connectivity index (χ1v) is 6.89. The number of halogens is 1. The predicted molar refractivity (Wildman–Crippen MR) is 87.7 cm³/mol. The van der Waals surface area contributed by atoms with Gasteiger partial charge in [0.25, 0.3) is 0 Å². The molecule has 0 radical (unpaired) electrons. The quantitative estimate of drug-likeness (QED) is 0.654. The van der Waals surface area contributed by atoms with E-state index in [1.54, 1.807) is 38.6 Å². The third-order valence-corrected chi connectivity index (χ3v) is 3.16. The zero-order chi connectivity index (χ0) is 15.9. The molecule has 0 spiro atoms. The van der Waals surface area contributed by atoms with Gasteiger partial charge in [0.1, 0.15) is 5.75 Å². The highest BCUT2D eigenvalue weighted by Crippen LogP contribution is 2.27. The highest BCUT2D eigenvalue weighted by Gasteiger charge is 2.03. The standard InChI is InChI=1S/C15H17ClN4O2/c1-21-13-4-3-11(8-12(13)16)20-15(17)19-9-10-5-6-18-14(7-10)22-2/h3-8H,9H2,1-2H3,(H3,17,19,20). The molecule has 1 heterocycles. The third kappa shape index (κ3) is 4.26. The van der Waals surface area contributed by atoms with Crippen LogP contribution in [0.15, 0.2) is 41.5 Å². The Morgan fingerprint density at radius 3 is 2.77 bits per heavy atom. The fraction of sp³-hybridized carbons (Fsp3) is 0.200. The minimum Gasteiger partial charge on any atom is -0.495 e. The van der Waals surface area contributed by atoms with Gasteiger partial charge in [0.05, 0.1) is 25.8 Å². The van der Waals surface area contributed by atoms with Crippen LogP contribution in [0.1, 0.15) is 5.56 Å². The first-order valence-electron chi connectivity index (χ1n) is 6.51. The number of methoxy groups -OCH3 is 2. The number of ether oxygens (including phenoxy) is 2. The molecule has 22 heavy (non-hydrogen) atoms. The number of benzene rings is 1. The zero-order valence-electron chi connectivity index (χ0n) is 12.3. The maximum Gasteiger partial charge on any atom is 0.213 e. The molecule has 1 aromatic heterocycles. The number of nitrogens with two attached hydrogens (primary N) is 1. The summed E-state index contributed by atoms with van der Waals surface area (Å²) in [6.07, 6.45) is 1.66. The number of hydrogen-bond donors (Lipinski definition) is 2. The molecule has 0 saturated heterocycles. The monoisotopic (exact) mass is 320 g/mol. The van der Waals surface area contributed by atoms with Crippen molar-refractivity contribution < 1.29 is 9.47 Å². The molecule has 0 aliphatic rings. The van der Waals surface area contributed by atoms with E-state index in [2.05, 4.69) is 15.3 Å². The summed E-state index contributed by atoms with van der Waals surface area (Å²) in [4.78, 5) is 8.30. The second-order valence-corrected chi connectivity index (χ2v) is 4.79. The maximum absolute atomic E-state index is 6.05. The van der Waals surface area contributed by atoms with Crippen LogP contribution in [-0.4, -0.2) is 25.2 Å². The van der Waals surface area contributed by atoms with Crippen molar-refractivity contribution in [2.24, 2.45) is 10.7 Å². The maximum atomic E-state index is 6.05. The molecule has 116 valence electrons. The van der Waals surface area contributed by atoms with Crippen LogP contribution < -0.4 is 20.5 Å². The number of guanidine groups is 1. The predicted octanol–water partition coefficient (Wildman–Crippen LogP) is 2.68. The second kappa shape index (κ2) is 7.51. The minimum absolute atomic E-state index is 0.289. The lowest BCUT2D eigenvalue weighted by atomic mass is 10.3. The molecule has 0 unspecified atom stereocenters. The Kier molecular flexibility index (Phi) is 5.43. The van der Waals surface area contributed by atoms with E-state index in [1.807, 2.05) is 12.1 Å². The van der Waals surface area contributed by atoms with Gasteiger partial charge in [-0.1, -0.05) is 11.6 Å². The molecule has 6 nitrogen and oxygen atoms in total. The molecule has 0 amide bonds. The topological polar surface area (TPSA) is 81.8 Å². The van der Waals surface area contributed by atoms with Crippen LogP contribution in [-0.2, 0) is 6.54 Å². The highest BCUT2D eigenvalue weighted by atomic mass is 35.5. The third-order valence-electron chi connectivity index (χ3n) is 2.86. The van der Waals surface area contributed by atoms with E-state index in [4.69, 9.17) is 26.8 Å². The largest absolute Gasteiger partial charge is 0.495 e. The van der Waals surface area contributed by atoms with Crippen LogP contribution in [0.5, 0.6) is 11.6 Å². The molecular weight excluding hydrogens is 304 g/mol. The van der Waals surface area contributed by atoms with E-state index in [0.717, 1.165) is 11.3 Å². The summed E-state index contributed by atoms with van der Waals surface area (Å²) in [6, 6.07) is 8.94. The second-order valence-electron chi connectivity index (χ2n) is 4.38. The van der Waals surface area contributed by atoms with Crippen molar-refractivity contribution in [3.63, 3.8) is 0 Å². The smallest absolute Gasteiger partial charge is 0.213 e. The van der Waals surface area contributed by atoms with Gasteiger partial charge in [0.2, 0.25) is 5.88 Å². The molecular formula is C15H17ClN4O2. The van der Waals surface area contributed by atoms with Crippen LogP contribution >= 0.6 is 11.6 Å². The molecule has 0 atom stereocenters. The van der Waals surface area contributed by atoms with Gasteiger partial charge in [-0.25, -0.2) is 9.98 Å². The first kappa shape index (κ1) is 15.9. The van der Waals surface area contributed by atoms with Gasteiger partial charge < -0.3 is 20.5 Å². The van der Waals surface area contributed by atoms with Crippen molar-refractivity contribution in [2.75, 3.05) is 19.5 Å². The van der Waals surface area contributed by atoms with Gasteiger partial charge in [-0.2, -0.15) is 0 Å². The highest BCUT2D eigenvalue weighted by molar-refractivity contribution is 6.32. The molecule has 0 bridgehead atoms. The average molecular weight is 321 g/mol. The Labute approximate surface area is 133 Å². The zero-order valence-corrected chi connectivity index (χ0v) is 13.1. The molecule has 1 aromatic carbocycles. The van der Waals surface area contributed by atoms with Crippen LogP contribution in [0.2, 0.25) is 5.02 Å². The Bertz CT molecular complexity index is 676. The van der Waals surface area contributed by atoms with E-state index in [1.165, 1.54) is 0 Å². The molecule has 0 aliphatic carbocycles. The van der Waals surface area contributed by atoms with E-state index >= 15 is 0 Å². The average Bonchev–Trinajstić information content (AvgIpc) is 2.53. The SMILES string of the molecule is COc1cc(CN=C(N)Nc2ccc(OC)c(Cl)c2)ccn1. The number of hydrogen-bond acceptors (Lipinski definition) is 4. The van der Waals surface area contributed by atoms with E-state index in [9.17, 15) is 0 Å². The van der Waals surface area contributed by atoms with Gasteiger partial charge >= 0.3 is 0 Å². The van der Waals surface area contributed by atoms with Crippen molar-refractivity contribution in [3.8, 4) is 11.6 Å². The summed E-state index contributed by atoms with van der Waals surface area (Å²) >= 11 is 6.05. The lowest BCUT2D eigenvalue weighted by Gasteiger charge is -2.08. The summed E-state index contributed by atoms with van der Waals surface area (Å²) < 4.78 is 10.2. The van der Waals surface area contributed by atoms with Crippen LogP contribution in [0.25, 0.3) is 0 Å². The summed E-state index contributed by atoms with van der Waals surface area (Å²) in [5.41, 5.74) is 7.55. The molecule has 0 aliphatic heterocycles. The van der Waals surface area contributed by atoms with Crippen LogP contribution in [0.3, 0.4) is 0 Å². The van der Waals surface area contributed by atoms with Crippen molar-refractivity contribution in [2.45, 2.75) is 6.54 Å². The fourth-order valence-electron chi connectivity index (χ4n) is 1.77. The van der Waals surface area contributed by atoms with Crippen molar-refractivity contribution >= 4 is 23.2 Å². The van der Waals surface area contributed by atoms with E-state index < -0.39 is 0 Å². The Hall–Kier alpha value is -2.47. The van der Waals surface area contributed by atoms with Gasteiger partial charge in [-0.3, -0.25) is 0 Å². The molecule has 2 aromatic rings. The number of nitrogens with one attached hydrogen (secondary N) is 1. The number of aromatic nitrogens is 1. The van der Waals surface area contributed by atoms with Crippen molar-refractivity contribution in [3.05, 3.63) is 47.1 Å². The molecule has 2 rings (SSSR count). The molecule has 7 heteroatoms. The normalized spacial score (nSPS) is 11.1. The first-order chi connectivity index (χ1) is 10.6. The summed E-state index contributed by atoms with van der Waals surface area (Å²) in [5.74, 6) is 1.43. The summed E-state index contributed by atoms with van der Waals surface area (Å²) in [6.45, 7) is 0.418. The van der Waals surface area contributed by atoms with Crippen LogP contribution in [0.4, 0.5) is 5.69 Å². The molecule has 0 saturated carbocycles. The van der Waals surface area contributed by atoms with Crippen molar-refractivity contribution in [1.29, 1.82) is 0 Å². The number of pyridine rings is 1. The number of nitrogens with zero attached hydrogens (tertiary/aromatic N) is 2. The lowest BCUT2D eigenvalue weighted by molar-refractivity contribution is 0.397. The lowest BCUT2D eigenvalue weighted by Crippen LogP contribution is -2.22. The van der Waals surface area contributed by atoms with Gasteiger partial charge in [-0.15, -0.1) is 0 Å². The van der Waals surface area contributed by atoms with Gasteiger partial charge in [0.15, 0.2) is 5.96 Å². The molecule has 3 N–H and O–H groups in total. The van der Waals surface area contributed by atoms with E-state index in [0.29, 0.717) is 23.2 Å². The summed E-state index contributed by atoms with van der Waals surface area (Å²) in [5, 5.41) is 3.47. The number of anilines is 1. The van der Waals surface area contributed by atoms with Gasteiger partial charge in [0, 0.05) is 18.0 Å². The van der Waals surface area contributed by atoms with Crippen LogP contribution in [0, 0.1) is 0 Å². The Morgan fingerprint density at radius 1 is 1.27 bits per heavy atom. The minimum atomic E-state index is 0.289.